The molecular formula is C13H18F3N3O. The monoisotopic (exact) mass is 289 g/mol. The largest absolute Gasteiger partial charge is 0.418 e. The van der Waals surface area contributed by atoms with Crippen molar-refractivity contribution in [3.63, 3.8) is 0 Å². The lowest BCUT2D eigenvalue weighted by molar-refractivity contribution is -0.136. The molecule has 1 unspecified atom stereocenters. The van der Waals surface area contributed by atoms with Gasteiger partial charge >= 0.3 is 6.18 Å². The highest BCUT2D eigenvalue weighted by atomic mass is 19.4. The number of carbonyl (C=O) groups is 1. The number of nitrogens with two attached hydrogens (primary N) is 1. The Morgan fingerprint density at radius 2 is 2.00 bits per heavy atom. The maximum Gasteiger partial charge on any atom is 0.418 e. The van der Waals surface area contributed by atoms with Gasteiger partial charge in [0.15, 0.2) is 0 Å². The summed E-state index contributed by atoms with van der Waals surface area (Å²) in [6, 6.07) is 3.22. The Morgan fingerprint density at radius 3 is 2.50 bits per heavy atom. The molecule has 4 nitrogen and oxygen atoms in total. The topological polar surface area (TPSA) is 58.4 Å². The van der Waals surface area contributed by atoms with E-state index >= 15 is 0 Å². The molecule has 0 saturated carbocycles. The van der Waals surface area contributed by atoms with Crippen LogP contribution in [0.4, 0.5) is 18.9 Å². The first-order valence-corrected chi connectivity index (χ1v) is 6.04. The average molecular weight is 289 g/mol. The molecular weight excluding hydrogens is 271 g/mol. The maximum absolute atomic E-state index is 12.7. The van der Waals surface area contributed by atoms with E-state index in [9.17, 15) is 18.0 Å². The molecule has 0 heterocycles. The van der Waals surface area contributed by atoms with E-state index in [1.807, 2.05) is 25.9 Å². The van der Waals surface area contributed by atoms with Crippen molar-refractivity contribution < 1.29 is 18.0 Å². The third-order valence-electron chi connectivity index (χ3n) is 3.06. The molecule has 0 saturated heterocycles. The Hall–Kier alpha value is -1.76. The van der Waals surface area contributed by atoms with Gasteiger partial charge in [-0.2, -0.15) is 13.2 Å². The molecule has 1 atom stereocenters. The zero-order chi connectivity index (χ0) is 15.5. The fourth-order valence-corrected chi connectivity index (χ4v) is 1.47. The van der Waals surface area contributed by atoms with Crippen LogP contribution in [0, 0.1) is 0 Å². The van der Waals surface area contributed by atoms with E-state index in [0.717, 1.165) is 12.1 Å². The number of carbonyl (C=O) groups excluding carboxylic acids is 1. The van der Waals surface area contributed by atoms with Crippen molar-refractivity contribution in [1.82, 2.24) is 10.2 Å². The number of halogens is 3. The Morgan fingerprint density at radius 1 is 1.40 bits per heavy atom. The lowest BCUT2D eigenvalue weighted by Gasteiger charge is -2.20. The molecule has 0 aliphatic heterocycles. The van der Waals surface area contributed by atoms with Crippen LogP contribution in [0.3, 0.4) is 0 Å². The van der Waals surface area contributed by atoms with Gasteiger partial charge in [0.25, 0.3) is 5.91 Å². The summed E-state index contributed by atoms with van der Waals surface area (Å²) in [5.74, 6) is -0.552. The molecule has 0 bridgehead atoms. The Bertz CT molecular complexity index is 486. The highest BCUT2D eigenvalue weighted by Gasteiger charge is 2.33. The lowest BCUT2D eigenvalue weighted by Crippen LogP contribution is -2.38. The minimum Gasteiger partial charge on any atom is -0.398 e. The van der Waals surface area contributed by atoms with Gasteiger partial charge in [-0.15, -0.1) is 0 Å². The van der Waals surface area contributed by atoms with E-state index in [4.69, 9.17) is 5.73 Å². The predicted molar refractivity (Wildman–Crippen MR) is 71.3 cm³/mol. The SMILES string of the molecule is CC(CNC(=O)c1ccc(N)c(C(F)(F)F)c1)N(C)C. The van der Waals surface area contributed by atoms with Crippen LogP contribution < -0.4 is 11.1 Å². The molecule has 1 rings (SSSR count). The summed E-state index contributed by atoms with van der Waals surface area (Å²) in [7, 11) is 3.70. The van der Waals surface area contributed by atoms with Gasteiger partial charge in [0, 0.05) is 23.8 Å². The summed E-state index contributed by atoms with van der Waals surface area (Å²) in [6.45, 7) is 2.24. The first-order valence-electron chi connectivity index (χ1n) is 6.04. The van der Waals surface area contributed by atoms with E-state index in [-0.39, 0.29) is 11.6 Å². The number of nitrogens with zero attached hydrogens (tertiary/aromatic N) is 1. The molecule has 7 heteroatoms. The summed E-state index contributed by atoms with van der Waals surface area (Å²) < 4.78 is 38.1. The number of hydrogen-bond acceptors (Lipinski definition) is 3. The molecule has 0 fully saturated rings. The minimum absolute atomic E-state index is 0.0579. The Labute approximate surface area is 115 Å². The molecule has 0 radical (unpaired) electrons. The number of hydrogen-bond donors (Lipinski definition) is 2. The first kappa shape index (κ1) is 16.3. The highest BCUT2D eigenvalue weighted by molar-refractivity contribution is 5.94. The number of alkyl halides is 3. The summed E-state index contributed by atoms with van der Waals surface area (Å²) in [4.78, 5) is 13.7. The fourth-order valence-electron chi connectivity index (χ4n) is 1.47. The molecule has 1 aromatic rings. The smallest absolute Gasteiger partial charge is 0.398 e. The summed E-state index contributed by atoms with van der Waals surface area (Å²) in [5.41, 5.74) is 3.83. The normalized spacial score (nSPS) is 13.3. The maximum atomic E-state index is 12.7. The highest BCUT2D eigenvalue weighted by Crippen LogP contribution is 2.33. The number of amides is 1. The third-order valence-corrected chi connectivity index (χ3v) is 3.06. The lowest BCUT2D eigenvalue weighted by atomic mass is 10.1. The number of rotatable bonds is 4. The van der Waals surface area contributed by atoms with Gasteiger partial charge in [-0.3, -0.25) is 4.79 Å². The van der Waals surface area contributed by atoms with Crippen LogP contribution >= 0.6 is 0 Å². The van der Waals surface area contributed by atoms with E-state index in [0.29, 0.717) is 6.54 Å². The quantitative estimate of drug-likeness (QED) is 0.833. The van der Waals surface area contributed by atoms with Gasteiger partial charge < -0.3 is 16.0 Å². The van der Waals surface area contributed by atoms with Crippen LogP contribution in [0.2, 0.25) is 0 Å². The van der Waals surface area contributed by atoms with E-state index in [1.165, 1.54) is 6.07 Å². The number of anilines is 1. The molecule has 1 amide bonds. The molecule has 112 valence electrons. The standard InChI is InChI=1S/C13H18F3N3O/c1-8(19(2)3)7-18-12(20)9-4-5-11(17)10(6-9)13(14,15)16/h4-6,8H,7,17H2,1-3H3,(H,18,20). The van der Waals surface area contributed by atoms with Crippen LogP contribution in [0.25, 0.3) is 0 Å². The first-order chi connectivity index (χ1) is 9.12. The van der Waals surface area contributed by atoms with Crippen molar-refractivity contribution in [2.75, 3.05) is 26.4 Å². The summed E-state index contributed by atoms with van der Waals surface area (Å²) in [6.07, 6.45) is -4.57. The van der Waals surface area contributed by atoms with Crippen molar-refractivity contribution in [1.29, 1.82) is 0 Å². The van der Waals surface area contributed by atoms with E-state index in [2.05, 4.69) is 5.32 Å². The second-order valence-corrected chi connectivity index (χ2v) is 4.82. The molecule has 20 heavy (non-hydrogen) atoms. The van der Waals surface area contributed by atoms with Crippen molar-refractivity contribution >= 4 is 11.6 Å². The van der Waals surface area contributed by atoms with Crippen LogP contribution in [-0.2, 0) is 6.18 Å². The molecule has 3 N–H and O–H groups in total. The minimum atomic E-state index is -4.57. The van der Waals surface area contributed by atoms with Crippen LogP contribution in [0.15, 0.2) is 18.2 Å². The summed E-state index contributed by atoms with van der Waals surface area (Å²) in [5, 5.41) is 2.59. The average Bonchev–Trinajstić information content (AvgIpc) is 2.34. The van der Waals surface area contributed by atoms with Gasteiger partial charge in [0.05, 0.1) is 5.56 Å². The van der Waals surface area contributed by atoms with Crippen molar-refractivity contribution in [2.24, 2.45) is 0 Å². The Kier molecular flexibility index (Phi) is 4.99. The number of nitrogens with one attached hydrogen (secondary N) is 1. The van der Waals surface area contributed by atoms with Crippen molar-refractivity contribution in [2.45, 2.75) is 19.1 Å². The van der Waals surface area contributed by atoms with Crippen molar-refractivity contribution in [3.8, 4) is 0 Å². The van der Waals surface area contributed by atoms with Gasteiger partial charge in [0.1, 0.15) is 0 Å². The zero-order valence-electron chi connectivity index (χ0n) is 11.6. The number of benzene rings is 1. The molecule has 0 spiro atoms. The fraction of sp³-hybridized carbons (Fsp3) is 0.462. The molecule has 1 aromatic carbocycles. The van der Waals surface area contributed by atoms with E-state index in [1.54, 1.807) is 0 Å². The van der Waals surface area contributed by atoms with Gasteiger partial charge in [-0.25, -0.2) is 0 Å². The molecule has 0 aromatic heterocycles. The second kappa shape index (κ2) is 6.13. The van der Waals surface area contributed by atoms with Crippen molar-refractivity contribution in [3.05, 3.63) is 29.3 Å². The Balaban J connectivity index is 2.85. The number of likely N-dealkylation sites (N-methyl/N-ethyl adjacent to an activating group) is 1. The van der Waals surface area contributed by atoms with Crippen LogP contribution in [0.5, 0.6) is 0 Å². The van der Waals surface area contributed by atoms with Crippen LogP contribution in [-0.4, -0.2) is 37.5 Å². The zero-order valence-corrected chi connectivity index (χ0v) is 11.6. The third kappa shape index (κ3) is 4.12. The van der Waals surface area contributed by atoms with E-state index < -0.39 is 23.3 Å². The van der Waals surface area contributed by atoms with Crippen LogP contribution in [0.1, 0.15) is 22.8 Å². The predicted octanol–water partition coefficient (Wildman–Crippen LogP) is 1.97. The molecule has 0 aliphatic carbocycles. The number of nitrogen functional groups attached to an aromatic ring is 1. The second-order valence-electron chi connectivity index (χ2n) is 4.82. The van der Waals surface area contributed by atoms with Gasteiger partial charge in [-0.1, -0.05) is 0 Å². The summed E-state index contributed by atoms with van der Waals surface area (Å²) >= 11 is 0. The van der Waals surface area contributed by atoms with Gasteiger partial charge in [0.2, 0.25) is 0 Å². The molecule has 0 aliphatic rings. The van der Waals surface area contributed by atoms with Gasteiger partial charge in [-0.05, 0) is 39.2 Å².